The molecule has 5 nitrogen and oxygen atoms in total. The number of nitrogens with zero attached hydrogens (tertiary/aromatic N) is 3. The predicted octanol–water partition coefficient (Wildman–Crippen LogP) is 2.43. The SMILES string of the molecule is O=c1c2ccccc2cnn1CN1CCO[C@H](c2ccccc2)C1. The van der Waals surface area contributed by atoms with Crippen molar-refractivity contribution >= 4 is 10.8 Å². The number of rotatable bonds is 3. The van der Waals surface area contributed by atoms with Gasteiger partial charge in [0.15, 0.2) is 0 Å². The Labute approximate surface area is 140 Å². The van der Waals surface area contributed by atoms with Crippen molar-refractivity contribution in [3.63, 3.8) is 0 Å². The van der Waals surface area contributed by atoms with Crippen LogP contribution < -0.4 is 5.56 Å². The first-order valence-corrected chi connectivity index (χ1v) is 8.15. The Morgan fingerprint density at radius 3 is 2.75 bits per heavy atom. The molecule has 2 aromatic carbocycles. The van der Waals surface area contributed by atoms with E-state index in [-0.39, 0.29) is 11.7 Å². The minimum Gasteiger partial charge on any atom is -0.371 e. The Morgan fingerprint density at radius 1 is 1.08 bits per heavy atom. The van der Waals surface area contributed by atoms with Gasteiger partial charge < -0.3 is 4.74 Å². The van der Waals surface area contributed by atoms with Gasteiger partial charge in [0, 0.05) is 18.5 Å². The highest BCUT2D eigenvalue weighted by Crippen LogP contribution is 2.22. The van der Waals surface area contributed by atoms with Crippen LogP contribution in [0.1, 0.15) is 11.7 Å². The number of hydrogen-bond donors (Lipinski definition) is 0. The van der Waals surface area contributed by atoms with Gasteiger partial charge in [0.2, 0.25) is 0 Å². The van der Waals surface area contributed by atoms with Crippen LogP contribution in [0.25, 0.3) is 10.8 Å². The van der Waals surface area contributed by atoms with Gasteiger partial charge >= 0.3 is 0 Å². The van der Waals surface area contributed by atoms with Gasteiger partial charge in [-0.3, -0.25) is 9.69 Å². The zero-order valence-electron chi connectivity index (χ0n) is 13.3. The van der Waals surface area contributed by atoms with Gasteiger partial charge in [-0.05, 0) is 11.6 Å². The van der Waals surface area contributed by atoms with Gasteiger partial charge in [-0.15, -0.1) is 0 Å². The zero-order valence-corrected chi connectivity index (χ0v) is 13.3. The van der Waals surface area contributed by atoms with Crippen LogP contribution in [0.3, 0.4) is 0 Å². The molecule has 0 bridgehead atoms. The van der Waals surface area contributed by atoms with Gasteiger partial charge in [0.25, 0.3) is 5.56 Å². The molecule has 0 aliphatic carbocycles. The van der Waals surface area contributed by atoms with E-state index in [0.29, 0.717) is 18.7 Å². The average Bonchev–Trinajstić information content (AvgIpc) is 2.65. The van der Waals surface area contributed by atoms with E-state index in [9.17, 15) is 4.79 Å². The molecule has 1 fully saturated rings. The van der Waals surface area contributed by atoms with Crippen LogP contribution in [0.4, 0.5) is 0 Å². The first-order valence-electron chi connectivity index (χ1n) is 8.15. The van der Waals surface area contributed by atoms with Crippen LogP contribution in [0, 0.1) is 0 Å². The normalized spacial score (nSPS) is 18.8. The summed E-state index contributed by atoms with van der Waals surface area (Å²) < 4.78 is 7.42. The molecule has 0 amide bonds. The Kier molecular flexibility index (Phi) is 4.11. The van der Waals surface area contributed by atoms with Crippen LogP contribution in [-0.4, -0.2) is 34.4 Å². The van der Waals surface area contributed by atoms with Crippen LogP contribution in [0.5, 0.6) is 0 Å². The monoisotopic (exact) mass is 321 g/mol. The van der Waals surface area contributed by atoms with Crippen LogP contribution >= 0.6 is 0 Å². The summed E-state index contributed by atoms with van der Waals surface area (Å²) in [6, 6.07) is 17.8. The summed E-state index contributed by atoms with van der Waals surface area (Å²) in [6.45, 7) is 2.69. The van der Waals surface area contributed by atoms with Gasteiger partial charge in [-0.25, -0.2) is 4.68 Å². The van der Waals surface area contributed by atoms with Crippen LogP contribution in [0.2, 0.25) is 0 Å². The van der Waals surface area contributed by atoms with Crippen molar-refractivity contribution in [1.82, 2.24) is 14.7 Å². The molecule has 0 spiro atoms. The van der Waals surface area contributed by atoms with Crippen molar-refractivity contribution in [2.45, 2.75) is 12.8 Å². The fourth-order valence-corrected chi connectivity index (χ4v) is 3.12. The topological polar surface area (TPSA) is 47.4 Å². The van der Waals surface area contributed by atoms with E-state index < -0.39 is 0 Å². The summed E-state index contributed by atoms with van der Waals surface area (Å²) in [4.78, 5) is 14.8. The number of fused-ring (bicyclic) bond motifs is 1. The third-order valence-corrected chi connectivity index (χ3v) is 4.42. The summed E-state index contributed by atoms with van der Waals surface area (Å²) in [5.41, 5.74) is 1.12. The molecule has 4 rings (SSSR count). The second kappa shape index (κ2) is 6.55. The number of benzene rings is 2. The highest BCUT2D eigenvalue weighted by atomic mass is 16.5. The van der Waals surface area contributed by atoms with E-state index in [1.165, 1.54) is 10.2 Å². The minimum atomic E-state index is -0.0455. The molecule has 122 valence electrons. The molecule has 1 atom stereocenters. The maximum absolute atomic E-state index is 12.6. The van der Waals surface area contributed by atoms with Gasteiger partial charge in [-0.1, -0.05) is 48.5 Å². The minimum absolute atomic E-state index is 0.0381. The molecule has 0 saturated carbocycles. The summed E-state index contributed by atoms with van der Waals surface area (Å²) in [5.74, 6) is 0. The second-order valence-corrected chi connectivity index (χ2v) is 6.03. The first kappa shape index (κ1) is 15.1. The standard InChI is InChI=1S/C19H19N3O2/c23-19-17-9-5-4-8-16(17)12-20-22(19)14-21-10-11-24-18(13-21)15-6-2-1-3-7-15/h1-9,12,18H,10-11,13-14H2/t18-/m0/s1. The lowest BCUT2D eigenvalue weighted by molar-refractivity contribution is -0.0421. The Bertz CT molecular complexity index is 892. The molecular weight excluding hydrogens is 302 g/mol. The third kappa shape index (κ3) is 2.96. The Morgan fingerprint density at radius 2 is 1.88 bits per heavy atom. The molecule has 1 saturated heterocycles. The van der Waals surface area contributed by atoms with Crippen LogP contribution in [-0.2, 0) is 11.4 Å². The molecule has 3 aromatic rings. The highest BCUT2D eigenvalue weighted by molar-refractivity contribution is 5.80. The van der Waals surface area contributed by atoms with Crippen LogP contribution in [0.15, 0.2) is 65.6 Å². The van der Waals surface area contributed by atoms with E-state index in [1.807, 2.05) is 42.5 Å². The molecule has 5 heteroatoms. The first-order chi connectivity index (χ1) is 11.8. The fraction of sp³-hybridized carbons (Fsp3) is 0.263. The van der Waals surface area contributed by atoms with Gasteiger partial charge in [0.05, 0.1) is 31.0 Å². The molecule has 0 radical (unpaired) electrons. The quantitative estimate of drug-likeness (QED) is 0.743. The summed E-state index contributed by atoms with van der Waals surface area (Å²) >= 11 is 0. The van der Waals surface area contributed by atoms with E-state index in [0.717, 1.165) is 18.5 Å². The molecule has 1 aromatic heterocycles. The van der Waals surface area contributed by atoms with Gasteiger partial charge in [-0.2, -0.15) is 5.10 Å². The number of hydrogen-bond acceptors (Lipinski definition) is 4. The Balaban J connectivity index is 1.55. The van der Waals surface area contributed by atoms with Crippen molar-refractivity contribution in [2.75, 3.05) is 19.7 Å². The molecule has 1 aliphatic rings. The number of ether oxygens (including phenoxy) is 1. The second-order valence-electron chi connectivity index (χ2n) is 6.03. The average molecular weight is 321 g/mol. The van der Waals surface area contributed by atoms with E-state index in [1.54, 1.807) is 6.20 Å². The Hall–Kier alpha value is -2.50. The van der Waals surface area contributed by atoms with E-state index >= 15 is 0 Å². The zero-order chi connectivity index (χ0) is 16.4. The number of morpholine rings is 1. The summed E-state index contributed by atoms with van der Waals surface area (Å²) in [5, 5.41) is 5.91. The van der Waals surface area contributed by atoms with Crippen molar-refractivity contribution < 1.29 is 4.74 Å². The van der Waals surface area contributed by atoms with E-state index in [4.69, 9.17) is 4.74 Å². The molecule has 0 unspecified atom stereocenters. The van der Waals surface area contributed by atoms with Gasteiger partial charge in [0.1, 0.15) is 0 Å². The largest absolute Gasteiger partial charge is 0.371 e. The smallest absolute Gasteiger partial charge is 0.275 e. The number of aromatic nitrogens is 2. The fourth-order valence-electron chi connectivity index (χ4n) is 3.12. The van der Waals surface area contributed by atoms with Crippen molar-refractivity contribution in [3.8, 4) is 0 Å². The summed E-state index contributed by atoms with van der Waals surface area (Å²) in [6.07, 6.45) is 1.79. The maximum Gasteiger partial charge on any atom is 0.275 e. The molecule has 1 aliphatic heterocycles. The maximum atomic E-state index is 12.6. The summed E-state index contributed by atoms with van der Waals surface area (Å²) in [7, 11) is 0. The predicted molar refractivity (Wildman–Crippen MR) is 92.7 cm³/mol. The van der Waals surface area contributed by atoms with Crippen molar-refractivity contribution in [2.24, 2.45) is 0 Å². The molecule has 24 heavy (non-hydrogen) atoms. The lowest BCUT2D eigenvalue weighted by Crippen LogP contribution is -2.42. The molecule has 2 heterocycles. The van der Waals surface area contributed by atoms with Crippen molar-refractivity contribution in [3.05, 3.63) is 76.7 Å². The lowest BCUT2D eigenvalue weighted by atomic mass is 10.1. The highest BCUT2D eigenvalue weighted by Gasteiger charge is 2.22. The van der Waals surface area contributed by atoms with E-state index in [2.05, 4.69) is 22.1 Å². The van der Waals surface area contributed by atoms with Crippen molar-refractivity contribution in [1.29, 1.82) is 0 Å². The lowest BCUT2D eigenvalue weighted by Gasteiger charge is -2.33. The molecular formula is C19H19N3O2. The molecule has 0 N–H and O–H groups in total. The third-order valence-electron chi connectivity index (χ3n) is 4.42.